The zero-order chi connectivity index (χ0) is 22.3. The van der Waals surface area contributed by atoms with Crippen LogP contribution in [0.4, 0.5) is 10.5 Å². The number of benzene rings is 1. The van der Waals surface area contributed by atoms with Crippen molar-refractivity contribution in [2.24, 2.45) is 0 Å². The van der Waals surface area contributed by atoms with Crippen molar-refractivity contribution < 1.29 is 32.0 Å². The first kappa shape index (κ1) is 22.1. The van der Waals surface area contributed by atoms with Crippen molar-refractivity contribution in [3.05, 3.63) is 71.5 Å². The van der Waals surface area contributed by atoms with Crippen molar-refractivity contribution >= 4 is 45.0 Å². The van der Waals surface area contributed by atoms with Crippen molar-refractivity contribution in [3.8, 4) is 0 Å². The number of nitrogens with one attached hydrogen (secondary N) is 3. The zero-order valence-corrected chi connectivity index (χ0v) is 17.5. The number of urea groups is 1. The van der Waals surface area contributed by atoms with Crippen LogP contribution in [0.25, 0.3) is 0 Å². The Kier molecular flexibility index (Phi) is 7.05. The molecule has 0 unspecified atom stereocenters. The maximum atomic E-state index is 12.4. The van der Waals surface area contributed by atoms with Gasteiger partial charge in [0.05, 0.1) is 24.1 Å². The van der Waals surface area contributed by atoms with Crippen molar-refractivity contribution in [2.75, 3.05) is 11.3 Å². The van der Waals surface area contributed by atoms with Gasteiger partial charge in [-0.1, -0.05) is 18.2 Å². The lowest BCUT2D eigenvalue weighted by molar-refractivity contribution is -0.123. The highest BCUT2D eigenvalue weighted by atomic mass is 32.2. The molecular formula is C19H17N3O7S2. The van der Waals surface area contributed by atoms with E-state index in [4.69, 9.17) is 9.15 Å². The molecule has 3 amide bonds. The maximum absolute atomic E-state index is 12.4. The second kappa shape index (κ2) is 9.91. The van der Waals surface area contributed by atoms with Crippen LogP contribution in [0.5, 0.6) is 0 Å². The zero-order valence-electron chi connectivity index (χ0n) is 15.9. The Labute approximate surface area is 181 Å². The smallest absolute Gasteiger partial charge is 0.340 e. The number of esters is 1. The number of carbonyl (C=O) groups is 3. The number of thiophene rings is 1. The van der Waals surface area contributed by atoms with Gasteiger partial charge in [-0.05, 0) is 35.7 Å². The van der Waals surface area contributed by atoms with Crippen molar-refractivity contribution in [2.45, 2.75) is 10.8 Å². The first-order chi connectivity index (χ1) is 14.8. The van der Waals surface area contributed by atoms with Gasteiger partial charge in [0.25, 0.3) is 15.9 Å². The second-order valence-electron chi connectivity index (χ2n) is 5.97. The van der Waals surface area contributed by atoms with E-state index in [0.717, 1.165) is 11.3 Å². The fourth-order valence-corrected chi connectivity index (χ4v) is 4.43. The molecule has 10 nitrogen and oxygen atoms in total. The SMILES string of the molecule is O=C(COC(=O)c1ccccc1NS(=O)(=O)c1cccs1)NC(=O)NCc1ccco1. The van der Waals surface area contributed by atoms with Crippen LogP contribution >= 0.6 is 11.3 Å². The van der Waals surface area contributed by atoms with E-state index in [9.17, 15) is 22.8 Å². The van der Waals surface area contributed by atoms with E-state index in [0.29, 0.717) is 5.76 Å². The monoisotopic (exact) mass is 463 g/mol. The molecule has 2 aromatic heterocycles. The predicted octanol–water partition coefficient (Wildman–Crippen LogP) is 2.32. The number of imide groups is 1. The van der Waals surface area contributed by atoms with Crippen LogP contribution in [0.1, 0.15) is 16.1 Å². The minimum absolute atomic E-state index is 0.00232. The van der Waals surface area contributed by atoms with Crippen LogP contribution in [-0.2, 0) is 26.1 Å². The molecule has 0 radical (unpaired) electrons. The molecule has 1 aromatic carbocycles. The summed E-state index contributed by atoms with van der Waals surface area (Å²) in [6.45, 7) is -0.664. The highest BCUT2D eigenvalue weighted by molar-refractivity contribution is 7.94. The quantitative estimate of drug-likeness (QED) is 0.435. The summed E-state index contributed by atoms with van der Waals surface area (Å²) in [6.07, 6.45) is 1.44. The van der Waals surface area contributed by atoms with Gasteiger partial charge in [-0.25, -0.2) is 18.0 Å². The number of hydrogen-bond acceptors (Lipinski definition) is 8. The number of carbonyl (C=O) groups excluding carboxylic acids is 3. The number of para-hydroxylation sites is 1. The first-order valence-corrected chi connectivity index (χ1v) is 11.1. The summed E-state index contributed by atoms with van der Waals surface area (Å²) < 4.78 is 37.2. The van der Waals surface area contributed by atoms with Gasteiger partial charge in [0.2, 0.25) is 0 Å². The molecular weight excluding hydrogens is 446 g/mol. The lowest BCUT2D eigenvalue weighted by Gasteiger charge is -2.11. The number of sulfonamides is 1. The van der Waals surface area contributed by atoms with Crippen LogP contribution in [0.3, 0.4) is 0 Å². The molecule has 0 aliphatic carbocycles. The summed E-state index contributed by atoms with van der Waals surface area (Å²) in [4.78, 5) is 35.9. The molecule has 12 heteroatoms. The molecule has 0 saturated carbocycles. The maximum Gasteiger partial charge on any atom is 0.340 e. The summed E-state index contributed by atoms with van der Waals surface area (Å²) in [7, 11) is -3.88. The Balaban J connectivity index is 1.54. The van der Waals surface area contributed by atoms with Gasteiger partial charge in [-0.2, -0.15) is 0 Å². The van der Waals surface area contributed by atoms with Crippen LogP contribution in [-0.4, -0.2) is 32.9 Å². The van der Waals surface area contributed by atoms with E-state index < -0.39 is 34.5 Å². The third-order valence-electron chi connectivity index (χ3n) is 3.74. The molecule has 162 valence electrons. The number of ether oxygens (including phenoxy) is 1. The standard InChI is InChI=1S/C19H17N3O7S2/c23-16(21-19(25)20-11-13-5-3-9-28-13)12-29-18(24)14-6-1-2-7-15(14)22-31(26,27)17-8-4-10-30-17/h1-10,22H,11-12H2,(H2,20,21,23,25). The molecule has 0 bridgehead atoms. The average Bonchev–Trinajstić information content (AvgIpc) is 3.45. The topological polar surface area (TPSA) is 144 Å². The lowest BCUT2D eigenvalue weighted by Crippen LogP contribution is -2.41. The molecule has 3 rings (SSSR count). The Hall–Kier alpha value is -3.64. The fraction of sp³-hybridized carbons (Fsp3) is 0.105. The van der Waals surface area contributed by atoms with E-state index >= 15 is 0 Å². The first-order valence-electron chi connectivity index (χ1n) is 8.78. The van der Waals surface area contributed by atoms with E-state index in [-0.39, 0.29) is 22.0 Å². The van der Waals surface area contributed by atoms with Crippen molar-refractivity contribution in [1.29, 1.82) is 0 Å². The van der Waals surface area contributed by atoms with Gasteiger partial charge in [0.15, 0.2) is 6.61 Å². The summed E-state index contributed by atoms with van der Waals surface area (Å²) in [6, 6.07) is 11.3. The van der Waals surface area contributed by atoms with Gasteiger partial charge in [0.1, 0.15) is 9.97 Å². The number of rotatable bonds is 8. The predicted molar refractivity (Wildman–Crippen MR) is 111 cm³/mol. The number of amides is 3. The summed E-state index contributed by atoms with van der Waals surface area (Å²) in [5.74, 6) is -1.30. The van der Waals surface area contributed by atoms with Gasteiger partial charge in [-0.15, -0.1) is 11.3 Å². The summed E-state index contributed by atoms with van der Waals surface area (Å²) >= 11 is 1.02. The molecule has 0 aliphatic heterocycles. The van der Waals surface area contributed by atoms with E-state index in [1.54, 1.807) is 29.6 Å². The molecule has 0 spiro atoms. The van der Waals surface area contributed by atoms with E-state index in [1.165, 1.54) is 30.5 Å². The summed E-state index contributed by atoms with van der Waals surface area (Å²) in [5.41, 5.74) is -0.0878. The van der Waals surface area contributed by atoms with Gasteiger partial charge >= 0.3 is 12.0 Å². The van der Waals surface area contributed by atoms with Crippen molar-refractivity contribution in [1.82, 2.24) is 10.6 Å². The average molecular weight is 463 g/mol. The molecule has 0 fully saturated rings. The third-order valence-corrected chi connectivity index (χ3v) is 6.50. The van der Waals surface area contributed by atoms with Gasteiger partial charge in [-0.3, -0.25) is 14.8 Å². The Morgan fingerprint density at radius 3 is 2.55 bits per heavy atom. The van der Waals surface area contributed by atoms with Crippen LogP contribution < -0.4 is 15.4 Å². The second-order valence-corrected chi connectivity index (χ2v) is 8.83. The Bertz CT molecular complexity index is 1160. The third kappa shape index (κ3) is 6.17. The van der Waals surface area contributed by atoms with E-state index in [2.05, 4.69) is 10.0 Å². The van der Waals surface area contributed by atoms with Crippen LogP contribution in [0.15, 0.2) is 68.8 Å². The number of anilines is 1. The molecule has 3 N–H and O–H groups in total. The van der Waals surface area contributed by atoms with Crippen molar-refractivity contribution in [3.63, 3.8) is 0 Å². The Morgan fingerprint density at radius 2 is 1.84 bits per heavy atom. The number of furan rings is 1. The van der Waals surface area contributed by atoms with Gasteiger partial charge in [0, 0.05) is 0 Å². The fourth-order valence-electron chi connectivity index (χ4n) is 2.36. The normalized spacial score (nSPS) is 10.8. The highest BCUT2D eigenvalue weighted by Crippen LogP contribution is 2.23. The largest absolute Gasteiger partial charge is 0.467 e. The minimum atomic E-state index is -3.88. The van der Waals surface area contributed by atoms with E-state index in [1.807, 2.05) is 5.32 Å². The lowest BCUT2D eigenvalue weighted by atomic mass is 10.2. The van der Waals surface area contributed by atoms with Gasteiger partial charge < -0.3 is 14.5 Å². The Morgan fingerprint density at radius 1 is 1.03 bits per heavy atom. The summed E-state index contributed by atoms with van der Waals surface area (Å²) in [5, 5.41) is 6.01. The molecule has 0 atom stereocenters. The molecule has 0 saturated heterocycles. The molecule has 2 heterocycles. The molecule has 3 aromatic rings. The number of hydrogen-bond donors (Lipinski definition) is 3. The van der Waals surface area contributed by atoms with Crippen LogP contribution in [0.2, 0.25) is 0 Å². The highest BCUT2D eigenvalue weighted by Gasteiger charge is 2.21. The van der Waals surface area contributed by atoms with Crippen LogP contribution in [0, 0.1) is 0 Å². The minimum Gasteiger partial charge on any atom is -0.467 e. The molecule has 31 heavy (non-hydrogen) atoms. The molecule has 0 aliphatic rings.